The molecule has 0 bridgehead atoms. The predicted molar refractivity (Wildman–Crippen MR) is 188 cm³/mol. The number of hydrogen-bond donors (Lipinski definition) is 3. The molecule has 0 fully saturated rings. The van der Waals surface area contributed by atoms with Crippen LogP contribution in [0.4, 0.5) is 17.1 Å². The number of nitro groups is 1. The molecule has 1 atom stereocenters. The van der Waals surface area contributed by atoms with Crippen LogP contribution in [-0.2, 0) is 9.59 Å². The van der Waals surface area contributed by atoms with E-state index in [1.54, 1.807) is 60.7 Å². The summed E-state index contributed by atoms with van der Waals surface area (Å²) in [5.74, 6) is -1.24. The average Bonchev–Trinajstić information content (AvgIpc) is 3.08. The number of nitrogens with zero attached hydrogens (tertiary/aromatic N) is 1. The molecule has 234 valence electrons. The number of amides is 3. The number of rotatable bonds is 11. The van der Waals surface area contributed by atoms with Gasteiger partial charge in [0.1, 0.15) is 10.9 Å². The van der Waals surface area contributed by atoms with Crippen molar-refractivity contribution < 1.29 is 19.3 Å². The highest BCUT2D eigenvalue weighted by Gasteiger charge is 2.23. The largest absolute Gasteiger partial charge is 0.325 e. The van der Waals surface area contributed by atoms with Gasteiger partial charge in [-0.25, -0.2) is 0 Å². The maximum Gasteiger partial charge on any atom is 0.272 e. The van der Waals surface area contributed by atoms with Gasteiger partial charge in [-0.2, -0.15) is 0 Å². The van der Waals surface area contributed by atoms with Crippen LogP contribution in [0.15, 0.2) is 149 Å². The number of benzene rings is 5. The van der Waals surface area contributed by atoms with E-state index in [0.717, 1.165) is 14.9 Å². The zero-order valence-corrected chi connectivity index (χ0v) is 27.0. The van der Waals surface area contributed by atoms with E-state index in [1.165, 1.54) is 36.0 Å². The lowest BCUT2D eigenvalue weighted by Gasteiger charge is -2.17. The van der Waals surface area contributed by atoms with Crippen molar-refractivity contribution in [2.45, 2.75) is 10.1 Å². The Morgan fingerprint density at radius 3 is 2.00 bits per heavy atom. The van der Waals surface area contributed by atoms with Crippen molar-refractivity contribution in [3.8, 4) is 0 Å². The summed E-state index contributed by atoms with van der Waals surface area (Å²) in [6.07, 6.45) is 1.60. The summed E-state index contributed by atoms with van der Waals surface area (Å²) < 4.78 is 0.823. The maximum absolute atomic E-state index is 13.4. The highest BCUT2D eigenvalue weighted by atomic mass is 79.9. The third-order valence-corrected chi connectivity index (χ3v) is 8.50. The van der Waals surface area contributed by atoms with Gasteiger partial charge in [-0.3, -0.25) is 24.5 Å². The van der Waals surface area contributed by atoms with Crippen LogP contribution in [0.3, 0.4) is 0 Å². The van der Waals surface area contributed by atoms with E-state index in [2.05, 4.69) is 31.9 Å². The van der Waals surface area contributed by atoms with Crippen LogP contribution in [-0.4, -0.2) is 22.6 Å². The Morgan fingerprint density at radius 2 is 1.36 bits per heavy atom. The highest BCUT2D eigenvalue weighted by Crippen LogP contribution is 2.37. The van der Waals surface area contributed by atoms with Crippen LogP contribution in [0.1, 0.15) is 26.7 Å². The summed E-state index contributed by atoms with van der Waals surface area (Å²) in [5, 5.41) is 18.8. The Hall–Kier alpha value is -5.52. The summed E-state index contributed by atoms with van der Waals surface area (Å²) in [7, 11) is 0. The SMILES string of the molecule is O=C(Nc1ccc(SC(C(=O)Nc2ccc([N+](=O)[O-])cc2)c2ccccc2)cc1)/C(=C/c1cccc(Br)c1)NC(=O)c1ccccc1. The molecule has 0 saturated carbocycles. The molecule has 0 aliphatic rings. The lowest BCUT2D eigenvalue weighted by Crippen LogP contribution is -2.30. The van der Waals surface area contributed by atoms with E-state index < -0.39 is 22.0 Å². The second-order valence-electron chi connectivity index (χ2n) is 10.1. The minimum atomic E-state index is -0.639. The normalized spacial score (nSPS) is 11.6. The number of nitro benzene ring substituents is 1. The molecule has 47 heavy (non-hydrogen) atoms. The fourth-order valence-electron chi connectivity index (χ4n) is 4.43. The lowest BCUT2D eigenvalue weighted by atomic mass is 10.1. The lowest BCUT2D eigenvalue weighted by molar-refractivity contribution is -0.384. The number of anilines is 2. The van der Waals surface area contributed by atoms with Gasteiger partial charge < -0.3 is 16.0 Å². The first-order valence-electron chi connectivity index (χ1n) is 14.3. The van der Waals surface area contributed by atoms with Crippen LogP contribution < -0.4 is 16.0 Å². The van der Waals surface area contributed by atoms with Crippen molar-refractivity contribution in [2.75, 3.05) is 10.6 Å². The molecule has 11 heteroatoms. The number of carbonyl (C=O) groups is 3. The van der Waals surface area contributed by atoms with Crippen LogP contribution in [0.2, 0.25) is 0 Å². The summed E-state index contributed by atoms with van der Waals surface area (Å²) in [5.41, 5.74) is 2.80. The third-order valence-electron chi connectivity index (χ3n) is 6.74. The summed E-state index contributed by atoms with van der Waals surface area (Å²) in [6.45, 7) is 0. The minimum Gasteiger partial charge on any atom is -0.325 e. The number of halogens is 1. The second-order valence-corrected chi connectivity index (χ2v) is 12.2. The molecule has 5 aromatic carbocycles. The zero-order chi connectivity index (χ0) is 33.2. The van der Waals surface area contributed by atoms with Crippen molar-refractivity contribution in [3.63, 3.8) is 0 Å². The Bertz CT molecular complexity index is 1920. The van der Waals surface area contributed by atoms with E-state index >= 15 is 0 Å². The fraction of sp³-hybridized carbons (Fsp3) is 0.0278. The summed E-state index contributed by atoms with van der Waals surface area (Å²) >= 11 is 4.75. The molecule has 0 heterocycles. The van der Waals surface area contributed by atoms with Crippen molar-refractivity contribution in [3.05, 3.63) is 170 Å². The highest BCUT2D eigenvalue weighted by molar-refractivity contribution is 9.10. The number of nitrogens with one attached hydrogen (secondary N) is 3. The smallest absolute Gasteiger partial charge is 0.272 e. The molecule has 3 N–H and O–H groups in total. The van der Waals surface area contributed by atoms with E-state index in [0.29, 0.717) is 22.5 Å². The van der Waals surface area contributed by atoms with Gasteiger partial charge in [0, 0.05) is 38.4 Å². The predicted octanol–water partition coefficient (Wildman–Crippen LogP) is 8.24. The van der Waals surface area contributed by atoms with Crippen molar-refractivity contribution in [1.29, 1.82) is 0 Å². The van der Waals surface area contributed by atoms with Gasteiger partial charge in [0.15, 0.2) is 0 Å². The van der Waals surface area contributed by atoms with E-state index in [-0.39, 0.29) is 17.3 Å². The van der Waals surface area contributed by atoms with E-state index in [1.807, 2.05) is 54.6 Å². The molecule has 0 radical (unpaired) electrons. The topological polar surface area (TPSA) is 130 Å². The molecule has 3 amide bonds. The first kappa shape index (κ1) is 32.9. The maximum atomic E-state index is 13.4. The number of hydrogen-bond acceptors (Lipinski definition) is 6. The standard InChI is InChI=1S/C36H27BrN4O5S/c37-27-13-7-8-24(22-27)23-32(40-34(42)26-11-5-2-6-12-26)35(43)38-29-16-20-31(21-17-29)47-33(25-9-3-1-4-10-25)36(44)39-28-14-18-30(19-15-28)41(45)46/h1-23,33H,(H,38,43)(H,39,44)(H,40,42)/b32-23-. The first-order valence-corrected chi connectivity index (χ1v) is 15.9. The molecule has 5 aromatic rings. The van der Waals surface area contributed by atoms with Crippen molar-refractivity contribution >= 4 is 68.6 Å². The molecule has 0 aliphatic carbocycles. The van der Waals surface area contributed by atoms with Crippen molar-refractivity contribution in [1.82, 2.24) is 5.32 Å². The molecule has 1 unspecified atom stereocenters. The average molecular weight is 708 g/mol. The quantitative estimate of drug-likeness (QED) is 0.0549. The molecule has 5 rings (SSSR count). The van der Waals surface area contributed by atoms with Gasteiger partial charge >= 0.3 is 0 Å². The molecule has 0 saturated heterocycles. The molecule has 0 spiro atoms. The van der Waals surface area contributed by atoms with Crippen LogP contribution in [0.25, 0.3) is 6.08 Å². The Balaban J connectivity index is 1.32. The van der Waals surface area contributed by atoms with Gasteiger partial charge in [-0.1, -0.05) is 76.6 Å². The number of carbonyl (C=O) groups excluding carboxylic acids is 3. The molecular weight excluding hydrogens is 680 g/mol. The second kappa shape index (κ2) is 15.7. The molecule has 0 aromatic heterocycles. The molecule has 9 nitrogen and oxygen atoms in total. The molecule has 0 aliphatic heterocycles. The Labute approximate surface area is 283 Å². The minimum absolute atomic E-state index is 0.0578. The number of non-ortho nitro benzene ring substituents is 1. The summed E-state index contributed by atoms with van der Waals surface area (Å²) in [4.78, 5) is 51.1. The van der Waals surface area contributed by atoms with Crippen LogP contribution in [0.5, 0.6) is 0 Å². The summed E-state index contributed by atoms with van der Waals surface area (Å²) in [6, 6.07) is 37.8. The van der Waals surface area contributed by atoms with E-state index in [4.69, 9.17) is 0 Å². The Kier molecular flexibility index (Phi) is 10.9. The number of thioether (sulfide) groups is 1. The van der Waals surface area contributed by atoms with Gasteiger partial charge in [0.2, 0.25) is 5.91 Å². The Morgan fingerprint density at radius 1 is 0.745 bits per heavy atom. The van der Waals surface area contributed by atoms with Gasteiger partial charge in [0.05, 0.1) is 4.92 Å². The van der Waals surface area contributed by atoms with Gasteiger partial charge in [0.25, 0.3) is 17.5 Å². The third kappa shape index (κ3) is 9.25. The zero-order valence-electron chi connectivity index (χ0n) is 24.6. The van der Waals surface area contributed by atoms with Gasteiger partial charge in [-0.05, 0) is 77.9 Å². The molecular formula is C36H27BrN4O5S. The monoisotopic (exact) mass is 706 g/mol. The van der Waals surface area contributed by atoms with Crippen LogP contribution in [0, 0.1) is 10.1 Å². The van der Waals surface area contributed by atoms with Gasteiger partial charge in [-0.15, -0.1) is 11.8 Å². The van der Waals surface area contributed by atoms with Crippen molar-refractivity contribution in [2.24, 2.45) is 0 Å². The first-order chi connectivity index (χ1) is 22.7. The fourth-order valence-corrected chi connectivity index (χ4v) is 5.87. The van der Waals surface area contributed by atoms with E-state index in [9.17, 15) is 24.5 Å². The van der Waals surface area contributed by atoms with Crippen LogP contribution >= 0.6 is 27.7 Å².